The van der Waals surface area contributed by atoms with Gasteiger partial charge in [-0.25, -0.2) is 4.39 Å². The number of H-pyrrole nitrogens is 1. The predicted molar refractivity (Wildman–Crippen MR) is 125 cm³/mol. The van der Waals surface area contributed by atoms with Crippen molar-refractivity contribution in [1.82, 2.24) is 20.6 Å². The van der Waals surface area contributed by atoms with E-state index in [1.54, 1.807) is 36.5 Å². The van der Waals surface area contributed by atoms with Crippen LogP contribution in [0.15, 0.2) is 48.8 Å². The molecule has 7 nitrogen and oxygen atoms in total. The molecule has 3 N–H and O–H groups in total. The van der Waals surface area contributed by atoms with Crippen LogP contribution in [0, 0.1) is 23.1 Å². The van der Waals surface area contributed by atoms with Crippen LogP contribution in [0.2, 0.25) is 0 Å². The van der Waals surface area contributed by atoms with Gasteiger partial charge in [-0.05, 0) is 30.5 Å². The fourth-order valence-corrected chi connectivity index (χ4v) is 4.26. The number of aromatic amines is 1. The maximum absolute atomic E-state index is 13.8. The molecule has 5 rings (SSSR count). The Kier molecular flexibility index (Phi) is 6.94. The molecule has 3 aromatic rings. The number of carbonyl (C=O) groups excluding carboxylic acids is 2. The van der Waals surface area contributed by atoms with E-state index in [0.29, 0.717) is 17.4 Å². The van der Waals surface area contributed by atoms with Gasteiger partial charge < -0.3 is 15.6 Å². The number of nitrogens with one attached hydrogen (secondary N) is 3. The molecule has 0 bridgehead atoms. The minimum absolute atomic E-state index is 0.228. The van der Waals surface area contributed by atoms with Gasteiger partial charge in [0.25, 0.3) is 5.91 Å². The Morgan fingerprint density at radius 2 is 2.06 bits per heavy atom. The Morgan fingerprint density at radius 1 is 1.30 bits per heavy atom. The molecule has 0 spiro atoms. The Labute approximate surface area is 195 Å². The molecular weight excluding hydrogens is 441 g/mol. The van der Waals surface area contributed by atoms with Gasteiger partial charge in [-0.1, -0.05) is 38.0 Å². The van der Waals surface area contributed by atoms with Gasteiger partial charge in [0.1, 0.15) is 17.6 Å². The number of halogens is 1. The van der Waals surface area contributed by atoms with Gasteiger partial charge in [0.2, 0.25) is 5.91 Å². The number of nitriles is 1. The topological polar surface area (TPSA) is 111 Å². The number of pyridine rings is 1. The molecule has 2 fully saturated rings. The van der Waals surface area contributed by atoms with Crippen LogP contribution in [-0.2, 0) is 4.79 Å². The van der Waals surface area contributed by atoms with Gasteiger partial charge in [-0.3, -0.25) is 14.6 Å². The van der Waals surface area contributed by atoms with Crippen LogP contribution in [0.3, 0.4) is 0 Å². The first-order chi connectivity index (χ1) is 15.9. The van der Waals surface area contributed by atoms with Crippen molar-refractivity contribution in [2.45, 2.75) is 42.9 Å². The molecule has 3 atom stereocenters. The van der Waals surface area contributed by atoms with Gasteiger partial charge in [0.15, 0.2) is 0 Å². The van der Waals surface area contributed by atoms with Crippen molar-refractivity contribution < 1.29 is 14.0 Å². The molecule has 170 valence electrons. The second-order valence-corrected chi connectivity index (χ2v) is 9.66. The van der Waals surface area contributed by atoms with Crippen molar-refractivity contribution in [2.24, 2.45) is 5.92 Å². The summed E-state index contributed by atoms with van der Waals surface area (Å²) < 4.78 is 13.8. The van der Waals surface area contributed by atoms with Gasteiger partial charge >= 0.3 is 0 Å². The summed E-state index contributed by atoms with van der Waals surface area (Å²) in [7, 11) is 0. The molecule has 2 amide bonds. The second kappa shape index (κ2) is 10.0. The highest BCUT2D eigenvalue weighted by molar-refractivity contribution is 8.02. The Bertz CT molecular complexity index is 1180. The quantitative estimate of drug-likeness (QED) is 0.526. The van der Waals surface area contributed by atoms with Crippen molar-refractivity contribution in [3.8, 4) is 6.07 Å². The number of benzene rings is 1. The highest BCUT2D eigenvalue weighted by Crippen LogP contribution is 2.35. The molecule has 1 saturated carbocycles. The molecule has 0 radical (unpaired) electrons. The minimum Gasteiger partial charge on any atom is -0.348 e. The van der Waals surface area contributed by atoms with Crippen LogP contribution in [0.1, 0.15) is 48.3 Å². The van der Waals surface area contributed by atoms with E-state index in [1.165, 1.54) is 36.9 Å². The van der Waals surface area contributed by atoms with Gasteiger partial charge in [0.05, 0.1) is 22.2 Å². The number of para-hydroxylation sites is 1. The number of carbonyl (C=O) groups is 2. The van der Waals surface area contributed by atoms with Crippen molar-refractivity contribution in [2.75, 3.05) is 0 Å². The third-order valence-electron chi connectivity index (χ3n) is 5.49. The Hall–Kier alpha value is -3.38. The summed E-state index contributed by atoms with van der Waals surface area (Å²) in [6.07, 6.45) is 6.55. The van der Waals surface area contributed by atoms with E-state index in [1.807, 2.05) is 6.07 Å². The average molecular weight is 466 g/mol. The zero-order valence-electron chi connectivity index (χ0n) is 18.0. The highest BCUT2D eigenvalue weighted by atomic mass is 32.2. The van der Waals surface area contributed by atoms with Crippen LogP contribution >= 0.6 is 11.8 Å². The van der Waals surface area contributed by atoms with E-state index >= 15 is 0 Å². The number of aromatic nitrogens is 2. The average Bonchev–Trinajstić information content (AvgIpc) is 3.44. The number of hydrogen-bond acceptors (Lipinski definition) is 5. The predicted octanol–water partition coefficient (Wildman–Crippen LogP) is 4.06. The number of hydrogen-bond donors (Lipinski definition) is 3. The first-order valence-corrected chi connectivity index (χ1v) is 11.7. The number of fused-ring (bicyclic) bond motifs is 1. The highest BCUT2D eigenvalue weighted by Gasteiger charge is 2.37. The zero-order chi connectivity index (χ0) is 23.4. The van der Waals surface area contributed by atoms with Crippen LogP contribution in [0.4, 0.5) is 4.39 Å². The molecule has 1 saturated heterocycles. The number of amides is 2. The largest absolute Gasteiger partial charge is 0.348 e. The van der Waals surface area contributed by atoms with Crippen molar-refractivity contribution in [3.05, 3.63) is 65.9 Å². The van der Waals surface area contributed by atoms with E-state index in [9.17, 15) is 19.2 Å². The third kappa shape index (κ3) is 5.71. The lowest BCUT2D eigenvalue weighted by Crippen LogP contribution is -2.48. The summed E-state index contributed by atoms with van der Waals surface area (Å²) in [5.74, 6) is 0.0442. The van der Waals surface area contributed by atoms with E-state index in [0.717, 1.165) is 5.92 Å². The van der Waals surface area contributed by atoms with Crippen molar-refractivity contribution in [3.63, 3.8) is 0 Å². The van der Waals surface area contributed by atoms with Gasteiger partial charge in [0, 0.05) is 23.3 Å². The smallest absolute Gasteiger partial charge is 0.268 e. The molecule has 1 aliphatic carbocycles. The van der Waals surface area contributed by atoms with Crippen LogP contribution < -0.4 is 10.6 Å². The summed E-state index contributed by atoms with van der Waals surface area (Å²) >= 11 is 1.31. The molecule has 1 aromatic carbocycles. The number of rotatable bonds is 5. The summed E-state index contributed by atoms with van der Waals surface area (Å²) in [4.78, 5) is 31.5. The first kappa shape index (κ1) is 22.8. The number of thioether (sulfide) groups is 1. The normalized spacial score (nSPS) is 19.9. The maximum Gasteiger partial charge on any atom is 0.268 e. The Balaban J connectivity index is 0.000000586. The fraction of sp³-hybridized carbons (Fsp3) is 0.333. The summed E-state index contributed by atoms with van der Waals surface area (Å²) in [6.45, 7) is 2.28. The molecular formula is C24H24FN5O2S. The maximum atomic E-state index is 13.8. The first-order valence-electron chi connectivity index (χ1n) is 10.8. The second-order valence-electron chi connectivity index (χ2n) is 8.25. The molecule has 2 aliphatic rings. The Morgan fingerprint density at radius 3 is 2.67 bits per heavy atom. The number of nitrogens with zero attached hydrogens (tertiary/aromatic N) is 2. The fourth-order valence-electron chi connectivity index (χ4n) is 3.25. The molecule has 33 heavy (non-hydrogen) atoms. The lowest BCUT2D eigenvalue weighted by atomic mass is 10.1. The van der Waals surface area contributed by atoms with Gasteiger partial charge in [-0.15, -0.1) is 11.8 Å². The zero-order valence-corrected chi connectivity index (χ0v) is 18.9. The summed E-state index contributed by atoms with van der Waals surface area (Å²) in [5, 5.41) is 14.8. The third-order valence-corrected chi connectivity index (χ3v) is 6.86. The van der Waals surface area contributed by atoms with Crippen LogP contribution in [0.5, 0.6) is 0 Å². The standard InChI is InChI=1S/C20H16FN5O2S.C4H8/c21-13-5-1-3-11-7-14(24-18(11)13)19(27)26-17-8-16(29-17)20(28)25-15(9-22)12-4-2-6-23-10-12;1-4-2-3-4/h1-7,10,15-17,24H,8H2,(H,25,28)(H,26,27);4H,2-3H2,1H3. The molecule has 3 unspecified atom stereocenters. The molecule has 1 aliphatic heterocycles. The molecule has 2 aromatic heterocycles. The van der Waals surface area contributed by atoms with Crippen LogP contribution in [-0.4, -0.2) is 32.4 Å². The monoisotopic (exact) mass is 465 g/mol. The lowest BCUT2D eigenvalue weighted by molar-refractivity contribution is -0.121. The minimum atomic E-state index is -0.772. The van der Waals surface area contributed by atoms with E-state index in [2.05, 4.69) is 27.5 Å². The van der Waals surface area contributed by atoms with Crippen LogP contribution in [0.25, 0.3) is 10.9 Å². The molecule has 3 heterocycles. The summed E-state index contributed by atoms with van der Waals surface area (Å²) in [6, 6.07) is 10.9. The van der Waals surface area contributed by atoms with Crippen molar-refractivity contribution in [1.29, 1.82) is 5.26 Å². The SMILES string of the molecule is CC1CC1.N#CC(NC(=O)C1CC(NC(=O)c2cc3cccc(F)c3[nH]2)S1)c1cccnc1. The van der Waals surface area contributed by atoms with Gasteiger partial charge in [-0.2, -0.15) is 5.26 Å². The lowest BCUT2D eigenvalue weighted by Gasteiger charge is -2.34. The van der Waals surface area contributed by atoms with E-state index < -0.39 is 11.9 Å². The summed E-state index contributed by atoms with van der Waals surface area (Å²) in [5.41, 5.74) is 1.16. The van der Waals surface area contributed by atoms with E-state index in [4.69, 9.17) is 0 Å². The molecule has 9 heteroatoms. The van der Waals surface area contributed by atoms with E-state index in [-0.39, 0.29) is 33.6 Å². The van der Waals surface area contributed by atoms with Crippen molar-refractivity contribution >= 4 is 34.5 Å².